The molecule has 6 rings (SSSR count). The number of pyridine rings is 1. The summed E-state index contributed by atoms with van der Waals surface area (Å²) in [4.78, 5) is 47.6. The summed E-state index contributed by atoms with van der Waals surface area (Å²) in [5.41, 5.74) is 2.15. The Hall–Kier alpha value is -4.48. The molecule has 4 heterocycles. The van der Waals surface area contributed by atoms with Gasteiger partial charge in [-0.25, -0.2) is 0 Å². The molecule has 1 aromatic heterocycles. The van der Waals surface area contributed by atoms with Gasteiger partial charge in [0.15, 0.2) is 11.5 Å². The Kier molecular flexibility index (Phi) is 11.0. The number of piperidine rings is 1. The summed E-state index contributed by atoms with van der Waals surface area (Å²) in [7, 11) is 3.19. The van der Waals surface area contributed by atoms with Gasteiger partial charge in [-0.1, -0.05) is 24.3 Å². The highest BCUT2D eigenvalue weighted by molar-refractivity contribution is 5.92. The van der Waals surface area contributed by atoms with Gasteiger partial charge >= 0.3 is 0 Å². The van der Waals surface area contributed by atoms with Crippen LogP contribution >= 0.6 is 0 Å². The van der Waals surface area contributed by atoms with Crippen molar-refractivity contribution in [2.24, 2.45) is 0 Å². The summed E-state index contributed by atoms with van der Waals surface area (Å²) in [6.07, 6.45) is 3.01. The smallest absolute Gasteiger partial charge is 0.272 e. The van der Waals surface area contributed by atoms with E-state index in [0.29, 0.717) is 61.9 Å². The molecule has 1 N–H and O–H groups in total. The number of likely N-dealkylation sites (tertiary alicyclic amines) is 1. The number of hydrogen-bond acceptors (Lipinski definition) is 8. The second kappa shape index (κ2) is 15.5. The number of amides is 3. The first kappa shape index (κ1) is 31.9. The SMILES string of the molecule is COCCCN1CC(=O)N[C@H]2CN(C(=O)c3ccccn3)CC[C@H]2OCc2cccc(c2)Oc2ccc(cc2OC)CCC1=O. The molecule has 3 aromatic rings. The Balaban J connectivity index is 1.41. The molecule has 1 fully saturated rings. The van der Waals surface area contributed by atoms with Gasteiger partial charge in [0.2, 0.25) is 11.8 Å². The van der Waals surface area contributed by atoms with Crippen molar-refractivity contribution in [2.75, 3.05) is 47.0 Å². The number of methoxy groups -OCH3 is 2. The largest absolute Gasteiger partial charge is 0.493 e. The number of hydrogen-bond donors (Lipinski definition) is 1. The molecule has 0 spiro atoms. The molecule has 3 aliphatic rings. The third-order valence-corrected chi connectivity index (χ3v) is 7.98. The van der Waals surface area contributed by atoms with Crippen molar-refractivity contribution in [2.45, 2.75) is 44.4 Å². The number of carbonyl (C=O) groups is 3. The first-order valence-electron chi connectivity index (χ1n) is 15.2. The Labute approximate surface area is 263 Å². The van der Waals surface area contributed by atoms with Crippen molar-refractivity contribution < 1.29 is 33.3 Å². The zero-order valence-electron chi connectivity index (χ0n) is 25.8. The van der Waals surface area contributed by atoms with E-state index in [1.165, 1.54) is 0 Å². The monoisotopic (exact) mass is 616 g/mol. The number of aryl methyl sites for hydroxylation is 1. The minimum absolute atomic E-state index is 0.113. The fourth-order valence-corrected chi connectivity index (χ4v) is 5.61. The Morgan fingerprint density at radius 2 is 1.93 bits per heavy atom. The predicted molar refractivity (Wildman–Crippen MR) is 166 cm³/mol. The van der Waals surface area contributed by atoms with E-state index < -0.39 is 6.04 Å². The second-order valence-corrected chi connectivity index (χ2v) is 11.2. The quantitative estimate of drug-likeness (QED) is 0.418. The zero-order valence-corrected chi connectivity index (χ0v) is 25.8. The molecule has 1 saturated heterocycles. The zero-order chi connectivity index (χ0) is 31.6. The number of rotatable bonds is 6. The maximum atomic E-state index is 13.5. The number of carbonyl (C=O) groups excluding carboxylic acids is 3. The minimum atomic E-state index is -0.490. The van der Waals surface area contributed by atoms with Gasteiger partial charge in [0.25, 0.3) is 5.91 Å². The third kappa shape index (κ3) is 8.58. The Morgan fingerprint density at radius 3 is 2.73 bits per heavy atom. The molecule has 45 heavy (non-hydrogen) atoms. The van der Waals surface area contributed by atoms with Crippen LogP contribution in [-0.2, 0) is 32.1 Å². The number of ether oxygens (including phenoxy) is 4. The number of fused-ring (bicyclic) bond motifs is 9. The molecule has 4 bridgehead atoms. The number of benzene rings is 2. The second-order valence-electron chi connectivity index (χ2n) is 11.2. The lowest BCUT2D eigenvalue weighted by Gasteiger charge is -2.39. The summed E-state index contributed by atoms with van der Waals surface area (Å²) in [5.74, 6) is 1.09. The average molecular weight is 617 g/mol. The van der Waals surface area contributed by atoms with Gasteiger partial charge in [-0.15, -0.1) is 0 Å². The van der Waals surface area contributed by atoms with Gasteiger partial charge in [-0.3, -0.25) is 19.4 Å². The van der Waals surface area contributed by atoms with Crippen molar-refractivity contribution in [3.8, 4) is 17.2 Å². The van der Waals surface area contributed by atoms with E-state index in [-0.39, 0.29) is 49.9 Å². The van der Waals surface area contributed by atoms with E-state index in [1.807, 2.05) is 42.5 Å². The van der Waals surface area contributed by atoms with Crippen molar-refractivity contribution in [1.29, 1.82) is 0 Å². The highest BCUT2D eigenvalue weighted by atomic mass is 16.5. The fourth-order valence-electron chi connectivity index (χ4n) is 5.61. The molecule has 2 aromatic carbocycles. The molecule has 3 amide bonds. The minimum Gasteiger partial charge on any atom is -0.493 e. The highest BCUT2D eigenvalue weighted by Gasteiger charge is 2.34. The lowest BCUT2D eigenvalue weighted by atomic mass is 10.0. The van der Waals surface area contributed by atoms with Crippen LogP contribution in [0.1, 0.15) is 40.9 Å². The van der Waals surface area contributed by atoms with Gasteiger partial charge in [0, 0.05) is 46.0 Å². The molecule has 11 heteroatoms. The molecule has 2 atom stereocenters. The first-order chi connectivity index (χ1) is 21.9. The van der Waals surface area contributed by atoms with Crippen LogP contribution in [0, 0.1) is 0 Å². The van der Waals surface area contributed by atoms with E-state index in [9.17, 15) is 14.4 Å². The normalized spacial score (nSPS) is 19.4. The predicted octanol–water partition coefficient (Wildman–Crippen LogP) is 3.61. The summed E-state index contributed by atoms with van der Waals surface area (Å²) >= 11 is 0. The van der Waals surface area contributed by atoms with Crippen LogP contribution in [0.15, 0.2) is 66.9 Å². The molecule has 11 nitrogen and oxygen atoms in total. The average Bonchev–Trinajstić information content (AvgIpc) is 3.06. The van der Waals surface area contributed by atoms with E-state index in [2.05, 4.69) is 10.3 Å². The van der Waals surface area contributed by atoms with E-state index in [4.69, 9.17) is 18.9 Å². The Bertz CT molecular complexity index is 1470. The van der Waals surface area contributed by atoms with Gasteiger partial charge in [-0.05, 0) is 66.8 Å². The van der Waals surface area contributed by atoms with Crippen molar-refractivity contribution in [1.82, 2.24) is 20.1 Å². The molecule has 3 aliphatic heterocycles. The molecule has 0 aliphatic carbocycles. The highest BCUT2D eigenvalue weighted by Crippen LogP contribution is 2.33. The summed E-state index contributed by atoms with van der Waals surface area (Å²) in [6.45, 7) is 1.71. The number of nitrogens with zero attached hydrogens (tertiary/aromatic N) is 3. The Morgan fingerprint density at radius 1 is 1.04 bits per heavy atom. The van der Waals surface area contributed by atoms with Crippen LogP contribution in [0.2, 0.25) is 0 Å². The molecule has 0 radical (unpaired) electrons. The first-order valence-corrected chi connectivity index (χ1v) is 15.2. The lowest BCUT2D eigenvalue weighted by Crippen LogP contribution is -2.58. The van der Waals surface area contributed by atoms with Crippen molar-refractivity contribution in [3.63, 3.8) is 0 Å². The number of nitrogens with one attached hydrogen (secondary N) is 1. The van der Waals surface area contributed by atoms with E-state index in [0.717, 1.165) is 11.1 Å². The van der Waals surface area contributed by atoms with Crippen LogP contribution in [0.5, 0.6) is 17.2 Å². The van der Waals surface area contributed by atoms with Crippen LogP contribution in [0.25, 0.3) is 0 Å². The van der Waals surface area contributed by atoms with Crippen LogP contribution in [0.3, 0.4) is 0 Å². The van der Waals surface area contributed by atoms with Gasteiger partial charge in [-0.2, -0.15) is 0 Å². The number of aromatic nitrogens is 1. The van der Waals surface area contributed by atoms with Crippen molar-refractivity contribution >= 4 is 17.7 Å². The summed E-state index contributed by atoms with van der Waals surface area (Å²) in [5, 5.41) is 3.08. The van der Waals surface area contributed by atoms with Crippen LogP contribution < -0.4 is 14.8 Å². The van der Waals surface area contributed by atoms with Gasteiger partial charge in [0.1, 0.15) is 11.4 Å². The standard InChI is InChI=1S/C34H40N4O7/c1-42-18-6-16-37-22-32(39)36-28-21-38(34(41)27-9-3-4-15-35-27)17-14-29(28)44-23-25-7-5-8-26(19-25)45-30-12-10-24(11-13-33(37)40)20-31(30)43-2/h3-5,7-10,12,15,19-20,28-29H,6,11,13-14,16-18,21-23H2,1-2H3,(H,36,39)/t28-,29+/m0/s1. The fraction of sp³-hybridized carbons (Fsp3) is 0.412. The lowest BCUT2D eigenvalue weighted by molar-refractivity contribution is -0.137. The van der Waals surface area contributed by atoms with Crippen LogP contribution in [-0.4, -0.2) is 91.7 Å². The van der Waals surface area contributed by atoms with E-state index >= 15 is 0 Å². The summed E-state index contributed by atoms with van der Waals surface area (Å²) in [6, 6.07) is 18.0. The molecule has 238 valence electrons. The van der Waals surface area contributed by atoms with Crippen LogP contribution in [0.4, 0.5) is 0 Å². The molecule has 0 saturated carbocycles. The van der Waals surface area contributed by atoms with Gasteiger partial charge in [0.05, 0.1) is 32.4 Å². The molecular weight excluding hydrogens is 576 g/mol. The molecular formula is C34H40N4O7. The van der Waals surface area contributed by atoms with E-state index in [1.54, 1.807) is 48.4 Å². The maximum Gasteiger partial charge on any atom is 0.272 e. The third-order valence-electron chi connectivity index (χ3n) is 7.98. The van der Waals surface area contributed by atoms with Crippen molar-refractivity contribution in [3.05, 3.63) is 83.7 Å². The molecule has 0 unspecified atom stereocenters. The van der Waals surface area contributed by atoms with Gasteiger partial charge < -0.3 is 34.1 Å². The summed E-state index contributed by atoms with van der Waals surface area (Å²) < 4.78 is 23.4. The topological polar surface area (TPSA) is 120 Å². The maximum absolute atomic E-state index is 13.5.